The molecule has 1 aromatic carbocycles. The van der Waals surface area contributed by atoms with Gasteiger partial charge in [0.25, 0.3) is 5.91 Å². The average Bonchev–Trinajstić information content (AvgIpc) is 3.00. The van der Waals surface area contributed by atoms with Crippen molar-refractivity contribution in [1.82, 2.24) is 14.8 Å². The number of halogens is 1. The fourth-order valence-electron chi connectivity index (χ4n) is 2.65. The Morgan fingerprint density at radius 3 is 2.56 bits per heavy atom. The molecule has 0 aliphatic rings. The summed E-state index contributed by atoms with van der Waals surface area (Å²) in [7, 11) is 0. The zero-order chi connectivity index (χ0) is 18.1. The third-order valence-corrected chi connectivity index (χ3v) is 4.03. The summed E-state index contributed by atoms with van der Waals surface area (Å²) < 4.78 is 15.6. The van der Waals surface area contributed by atoms with Crippen LogP contribution in [0, 0.1) is 5.82 Å². The number of aromatic nitrogens is 3. The molecule has 0 bridgehead atoms. The van der Waals surface area contributed by atoms with Crippen molar-refractivity contribution in [3.05, 3.63) is 53.6 Å². The van der Waals surface area contributed by atoms with Crippen molar-refractivity contribution in [1.29, 1.82) is 0 Å². The zero-order valence-electron chi connectivity index (χ0n) is 14.7. The maximum Gasteiger partial charge on any atom is 0.256 e. The number of nitrogens with zero attached hydrogens (tertiary/aromatic N) is 3. The molecule has 2 aromatic heterocycles. The topological polar surface area (TPSA) is 59.8 Å². The van der Waals surface area contributed by atoms with Gasteiger partial charge >= 0.3 is 0 Å². The van der Waals surface area contributed by atoms with Gasteiger partial charge in [-0.3, -0.25) is 4.79 Å². The summed E-state index contributed by atoms with van der Waals surface area (Å²) in [6, 6.07) is 7.99. The number of hydrogen-bond donors (Lipinski definition) is 1. The van der Waals surface area contributed by atoms with E-state index >= 15 is 0 Å². The molecular weight excluding hydrogens is 319 g/mol. The molecule has 3 aromatic rings. The number of benzene rings is 1. The van der Waals surface area contributed by atoms with Crippen LogP contribution >= 0.6 is 0 Å². The molecule has 0 aliphatic carbocycles. The van der Waals surface area contributed by atoms with Crippen molar-refractivity contribution in [3.8, 4) is 0 Å². The Hall–Kier alpha value is -2.76. The van der Waals surface area contributed by atoms with Crippen LogP contribution in [0.1, 0.15) is 55.7 Å². The second kappa shape index (κ2) is 6.63. The summed E-state index contributed by atoms with van der Waals surface area (Å²) in [4.78, 5) is 17.5. The Morgan fingerprint density at radius 1 is 1.20 bits per heavy atom. The number of hydrogen-bond acceptors (Lipinski definition) is 3. The fourth-order valence-corrected chi connectivity index (χ4v) is 2.65. The Morgan fingerprint density at radius 2 is 1.92 bits per heavy atom. The molecule has 0 radical (unpaired) electrons. The monoisotopic (exact) mass is 340 g/mol. The highest BCUT2D eigenvalue weighted by molar-refractivity contribution is 6.12. The summed E-state index contributed by atoms with van der Waals surface area (Å²) in [6.07, 6.45) is 1.64. The quantitative estimate of drug-likeness (QED) is 0.759. The molecule has 6 heteroatoms. The lowest BCUT2D eigenvalue weighted by Crippen LogP contribution is -2.15. The molecule has 25 heavy (non-hydrogen) atoms. The lowest BCUT2D eigenvalue weighted by Gasteiger charge is -2.12. The summed E-state index contributed by atoms with van der Waals surface area (Å²) in [5, 5.41) is 7.67. The summed E-state index contributed by atoms with van der Waals surface area (Å²) >= 11 is 0. The number of amides is 1. The van der Waals surface area contributed by atoms with Crippen LogP contribution in [-0.4, -0.2) is 20.7 Å². The van der Waals surface area contributed by atoms with Gasteiger partial charge in [-0.15, -0.1) is 0 Å². The van der Waals surface area contributed by atoms with Crippen molar-refractivity contribution in [2.24, 2.45) is 0 Å². The van der Waals surface area contributed by atoms with E-state index in [-0.39, 0.29) is 23.6 Å². The van der Waals surface area contributed by atoms with Crippen molar-refractivity contribution in [3.63, 3.8) is 0 Å². The molecule has 0 saturated heterocycles. The molecule has 0 saturated carbocycles. The van der Waals surface area contributed by atoms with Gasteiger partial charge in [-0.05, 0) is 38.0 Å². The number of fused-ring (bicyclic) bond motifs is 1. The number of para-hydroxylation sites is 1. The maximum atomic E-state index is 13.9. The third kappa shape index (κ3) is 3.24. The molecule has 0 aliphatic heterocycles. The van der Waals surface area contributed by atoms with E-state index in [9.17, 15) is 9.18 Å². The minimum absolute atomic E-state index is 0.120. The Labute approximate surface area is 145 Å². The molecule has 0 atom stereocenters. The Kier molecular flexibility index (Phi) is 4.53. The number of rotatable bonds is 4. The van der Waals surface area contributed by atoms with E-state index in [1.165, 1.54) is 12.1 Å². The van der Waals surface area contributed by atoms with Crippen LogP contribution in [0.3, 0.4) is 0 Å². The first-order valence-electron chi connectivity index (χ1n) is 8.32. The first-order chi connectivity index (χ1) is 11.9. The summed E-state index contributed by atoms with van der Waals surface area (Å²) in [5.74, 6) is -0.689. The van der Waals surface area contributed by atoms with Gasteiger partial charge in [0.05, 0.1) is 22.8 Å². The standard InChI is InChI=1S/C19H21FN4O/c1-11(2)17-9-13(14-10-21-24(12(3)4)18(14)22-17)19(25)23-16-8-6-5-7-15(16)20/h5-12H,1-4H3,(H,23,25). The van der Waals surface area contributed by atoms with Crippen molar-refractivity contribution < 1.29 is 9.18 Å². The number of pyridine rings is 1. The summed E-state index contributed by atoms with van der Waals surface area (Å²) in [6.45, 7) is 8.05. The smallest absolute Gasteiger partial charge is 0.256 e. The number of carbonyl (C=O) groups is 1. The van der Waals surface area contributed by atoms with E-state index < -0.39 is 5.82 Å². The van der Waals surface area contributed by atoms with Gasteiger partial charge in [0.1, 0.15) is 5.82 Å². The minimum Gasteiger partial charge on any atom is -0.319 e. The van der Waals surface area contributed by atoms with Crippen LogP contribution in [0.15, 0.2) is 36.5 Å². The largest absolute Gasteiger partial charge is 0.319 e. The third-order valence-electron chi connectivity index (χ3n) is 4.03. The van der Waals surface area contributed by atoms with Gasteiger partial charge in [0.15, 0.2) is 5.65 Å². The van der Waals surface area contributed by atoms with E-state index in [0.717, 1.165) is 5.69 Å². The van der Waals surface area contributed by atoms with Crippen molar-refractivity contribution >= 4 is 22.6 Å². The Balaban J connectivity index is 2.11. The molecule has 1 amide bonds. The molecule has 1 N–H and O–H groups in total. The minimum atomic E-state index is -0.469. The second-order valence-electron chi connectivity index (χ2n) is 6.60. The fraction of sp³-hybridized carbons (Fsp3) is 0.316. The molecule has 0 spiro atoms. The highest BCUT2D eigenvalue weighted by Crippen LogP contribution is 2.25. The van der Waals surface area contributed by atoms with E-state index in [1.54, 1.807) is 29.1 Å². The van der Waals surface area contributed by atoms with Crippen LogP contribution in [0.25, 0.3) is 11.0 Å². The van der Waals surface area contributed by atoms with Crippen LogP contribution in [0.4, 0.5) is 10.1 Å². The molecule has 2 heterocycles. The number of nitrogens with one attached hydrogen (secondary N) is 1. The first kappa shape index (κ1) is 17.1. The average molecular weight is 340 g/mol. The van der Waals surface area contributed by atoms with Gasteiger partial charge in [0.2, 0.25) is 0 Å². The Bertz CT molecular complexity index is 930. The zero-order valence-corrected chi connectivity index (χ0v) is 14.7. The predicted octanol–water partition coefficient (Wildman–Crippen LogP) is 4.53. The molecule has 3 rings (SSSR count). The molecule has 0 unspecified atom stereocenters. The van der Waals surface area contributed by atoms with Crippen molar-refractivity contribution in [2.45, 2.75) is 39.7 Å². The second-order valence-corrected chi connectivity index (χ2v) is 6.60. The van der Waals surface area contributed by atoms with Gasteiger partial charge in [0, 0.05) is 11.7 Å². The van der Waals surface area contributed by atoms with Crippen LogP contribution in [0.5, 0.6) is 0 Å². The predicted molar refractivity (Wildman–Crippen MR) is 96.4 cm³/mol. The van der Waals surface area contributed by atoms with Gasteiger partial charge in [-0.1, -0.05) is 26.0 Å². The molecule has 130 valence electrons. The van der Waals surface area contributed by atoms with E-state index in [0.29, 0.717) is 16.6 Å². The maximum absolute atomic E-state index is 13.9. The van der Waals surface area contributed by atoms with Gasteiger partial charge in [-0.25, -0.2) is 14.1 Å². The normalized spacial score (nSPS) is 11.5. The van der Waals surface area contributed by atoms with Gasteiger partial charge < -0.3 is 5.32 Å². The van der Waals surface area contributed by atoms with E-state index in [1.807, 2.05) is 27.7 Å². The highest BCUT2D eigenvalue weighted by atomic mass is 19.1. The first-order valence-corrected chi connectivity index (χ1v) is 8.32. The lowest BCUT2D eigenvalue weighted by molar-refractivity contribution is 0.102. The van der Waals surface area contributed by atoms with Crippen molar-refractivity contribution in [2.75, 3.05) is 5.32 Å². The molecule has 5 nitrogen and oxygen atoms in total. The van der Waals surface area contributed by atoms with Gasteiger partial charge in [-0.2, -0.15) is 5.10 Å². The lowest BCUT2D eigenvalue weighted by atomic mass is 10.0. The highest BCUT2D eigenvalue weighted by Gasteiger charge is 2.19. The SMILES string of the molecule is CC(C)c1cc(C(=O)Nc2ccccc2F)c2cnn(C(C)C)c2n1. The van der Waals surface area contributed by atoms with Crippen LogP contribution in [0.2, 0.25) is 0 Å². The van der Waals surface area contributed by atoms with E-state index in [4.69, 9.17) is 0 Å². The number of carbonyl (C=O) groups excluding carboxylic acids is 1. The van der Waals surface area contributed by atoms with Crippen LogP contribution < -0.4 is 5.32 Å². The van der Waals surface area contributed by atoms with E-state index in [2.05, 4.69) is 15.4 Å². The summed E-state index contributed by atoms with van der Waals surface area (Å²) in [5.41, 5.74) is 2.07. The molecular formula is C19H21FN4O. The van der Waals surface area contributed by atoms with Crippen LogP contribution in [-0.2, 0) is 0 Å². The number of anilines is 1. The molecule has 0 fully saturated rings.